The van der Waals surface area contributed by atoms with Gasteiger partial charge in [-0.3, -0.25) is 0 Å². The minimum atomic E-state index is 0.972. The molecule has 1 fully saturated rings. The molecule has 2 rings (SSSR count). The van der Waals surface area contributed by atoms with Crippen LogP contribution in [0.3, 0.4) is 0 Å². The van der Waals surface area contributed by atoms with Crippen molar-refractivity contribution in [3.05, 3.63) is 16.1 Å². The molecule has 1 aliphatic carbocycles. The van der Waals surface area contributed by atoms with Gasteiger partial charge in [0.15, 0.2) is 0 Å². The van der Waals surface area contributed by atoms with Crippen LogP contribution in [0.15, 0.2) is 6.20 Å². The van der Waals surface area contributed by atoms with Gasteiger partial charge in [-0.25, -0.2) is 4.98 Å². The lowest BCUT2D eigenvalue weighted by molar-refractivity contribution is 0.275. The quantitative estimate of drug-likeness (QED) is 0.807. The molecule has 0 aliphatic heterocycles. The normalized spacial score (nSPS) is 25.1. The number of hydrogen-bond donors (Lipinski definition) is 1. The van der Waals surface area contributed by atoms with E-state index in [1.165, 1.54) is 42.0 Å². The molecule has 0 spiro atoms. The molecule has 1 N–H and O–H groups in total. The second kappa shape index (κ2) is 6.50. The van der Waals surface area contributed by atoms with Crippen molar-refractivity contribution in [2.24, 2.45) is 11.8 Å². The average Bonchev–Trinajstić information content (AvgIpc) is 2.73. The van der Waals surface area contributed by atoms with Gasteiger partial charge in [-0.15, -0.1) is 11.3 Å². The molecule has 96 valence electrons. The zero-order valence-corrected chi connectivity index (χ0v) is 11.9. The second-order valence-electron chi connectivity index (χ2n) is 5.44. The van der Waals surface area contributed by atoms with E-state index in [2.05, 4.69) is 24.1 Å². The first-order chi connectivity index (χ1) is 8.24. The van der Waals surface area contributed by atoms with Crippen LogP contribution in [-0.4, -0.2) is 11.5 Å². The summed E-state index contributed by atoms with van der Waals surface area (Å²) < 4.78 is 0. The summed E-state index contributed by atoms with van der Waals surface area (Å²) in [4.78, 5) is 5.63. The first kappa shape index (κ1) is 13.0. The van der Waals surface area contributed by atoms with Crippen LogP contribution in [0.4, 0.5) is 0 Å². The first-order valence-corrected chi connectivity index (χ1v) is 7.67. The van der Waals surface area contributed by atoms with E-state index < -0.39 is 0 Å². The molecule has 1 aromatic heterocycles. The third-order valence-corrected chi connectivity index (χ3v) is 4.75. The van der Waals surface area contributed by atoms with E-state index >= 15 is 0 Å². The average molecular weight is 252 g/mol. The van der Waals surface area contributed by atoms with Crippen LogP contribution in [-0.2, 0) is 6.54 Å². The highest BCUT2D eigenvalue weighted by atomic mass is 32.1. The van der Waals surface area contributed by atoms with Gasteiger partial charge in [0.25, 0.3) is 0 Å². The highest BCUT2D eigenvalue weighted by Crippen LogP contribution is 2.29. The molecule has 1 saturated carbocycles. The summed E-state index contributed by atoms with van der Waals surface area (Å²) in [5.74, 6) is 1.95. The third-order valence-electron chi connectivity index (χ3n) is 3.83. The van der Waals surface area contributed by atoms with Crippen molar-refractivity contribution in [1.29, 1.82) is 0 Å². The van der Waals surface area contributed by atoms with E-state index in [1.54, 1.807) is 11.3 Å². The Labute approximate surface area is 109 Å². The predicted molar refractivity (Wildman–Crippen MR) is 74.3 cm³/mol. The van der Waals surface area contributed by atoms with Crippen LogP contribution in [0, 0.1) is 18.8 Å². The highest BCUT2D eigenvalue weighted by molar-refractivity contribution is 7.11. The molecule has 0 amide bonds. The van der Waals surface area contributed by atoms with E-state index in [-0.39, 0.29) is 0 Å². The highest BCUT2D eigenvalue weighted by Gasteiger charge is 2.17. The topological polar surface area (TPSA) is 24.9 Å². The minimum absolute atomic E-state index is 0.972. The maximum absolute atomic E-state index is 4.27. The minimum Gasteiger partial charge on any atom is -0.312 e. The summed E-state index contributed by atoms with van der Waals surface area (Å²) in [6.45, 7) is 6.61. The summed E-state index contributed by atoms with van der Waals surface area (Å²) >= 11 is 1.80. The number of rotatable bonds is 5. The molecule has 1 heterocycles. The molecule has 1 aromatic rings. The van der Waals surface area contributed by atoms with Gasteiger partial charge in [0, 0.05) is 17.6 Å². The van der Waals surface area contributed by atoms with Crippen molar-refractivity contribution in [2.45, 2.75) is 52.5 Å². The SMILES string of the molecule is Cc1ncc(CNCCC2CCC(C)CC2)s1. The predicted octanol–water partition coefficient (Wildman–Crippen LogP) is 3.76. The van der Waals surface area contributed by atoms with Crippen molar-refractivity contribution in [2.75, 3.05) is 6.54 Å². The Morgan fingerprint density at radius 3 is 2.76 bits per heavy atom. The fraction of sp³-hybridized carbons (Fsp3) is 0.786. The van der Waals surface area contributed by atoms with E-state index in [4.69, 9.17) is 0 Å². The Bertz CT molecular complexity index is 327. The maximum Gasteiger partial charge on any atom is 0.0897 e. The van der Waals surface area contributed by atoms with Gasteiger partial charge < -0.3 is 5.32 Å². The van der Waals surface area contributed by atoms with Gasteiger partial charge in [-0.2, -0.15) is 0 Å². The summed E-state index contributed by atoms with van der Waals surface area (Å²) in [5, 5.41) is 4.71. The zero-order valence-electron chi connectivity index (χ0n) is 11.0. The van der Waals surface area contributed by atoms with Gasteiger partial charge >= 0.3 is 0 Å². The van der Waals surface area contributed by atoms with Gasteiger partial charge in [-0.05, 0) is 31.7 Å². The van der Waals surface area contributed by atoms with Crippen LogP contribution >= 0.6 is 11.3 Å². The van der Waals surface area contributed by atoms with Gasteiger partial charge in [0.1, 0.15) is 0 Å². The van der Waals surface area contributed by atoms with Gasteiger partial charge in [0.05, 0.1) is 5.01 Å². The lowest BCUT2D eigenvalue weighted by atomic mass is 9.81. The third kappa shape index (κ3) is 4.40. The molecule has 17 heavy (non-hydrogen) atoms. The molecular weight excluding hydrogens is 228 g/mol. The van der Waals surface area contributed by atoms with Crippen molar-refractivity contribution < 1.29 is 0 Å². The molecule has 3 heteroatoms. The Morgan fingerprint density at radius 1 is 1.35 bits per heavy atom. The Balaban J connectivity index is 1.57. The maximum atomic E-state index is 4.27. The van der Waals surface area contributed by atoms with Crippen molar-refractivity contribution in [3.63, 3.8) is 0 Å². The van der Waals surface area contributed by atoms with Crippen LogP contribution < -0.4 is 5.32 Å². The molecule has 0 aromatic carbocycles. The molecule has 1 aliphatic rings. The lowest BCUT2D eigenvalue weighted by Crippen LogP contribution is -2.20. The fourth-order valence-electron chi connectivity index (χ4n) is 2.62. The molecule has 2 nitrogen and oxygen atoms in total. The summed E-state index contributed by atoms with van der Waals surface area (Å²) in [7, 11) is 0. The van der Waals surface area contributed by atoms with Crippen LogP contribution in [0.2, 0.25) is 0 Å². The van der Waals surface area contributed by atoms with Crippen LogP contribution in [0.1, 0.15) is 48.9 Å². The number of hydrogen-bond acceptors (Lipinski definition) is 3. The number of thiazole rings is 1. The zero-order chi connectivity index (χ0) is 12.1. The molecule has 0 bridgehead atoms. The van der Waals surface area contributed by atoms with Crippen LogP contribution in [0.25, 0.3) is 0 Å². The second-order valence-corrected chi connectivity index (χ2v) is 6.76. The number of aromatic nitrogens is 1. The molecule has 0 atom stereocenters. The number of aryl methyl sites for hydroxylation is 1. The largest absolute Gasteiger partial charge is 0.312 e. The number of nitrogens with one attached hydrogen (secondary N) is 1. The summed E-state index contributed by atoms with van der Waals surface area (Å²) in [5.41, 5.74) is 0. The number of nitrogens with zero attached hydrogens (tertiary/aromatic N) is 1. The van der Waals surface area contributed by atoms with Gasteiger partial charge in [-0.1, -0.05) is 32.6 Å². The molecule has 0 unspecified atom stereocenters. The molecule has 0 radical (unpaired) electrons. The lowest BCUT2D eigenvalue weighted by Gasteiger charge is -2.26. The van der Waals surface area contributed by atoms with Crippen LogP contribution in [0.5, 0.6) is 0 Å². The van der Waals surface area contributed by atoms with E-state index in [0.717, 1.165) is 24.9 Å². The smallest absolute Gasteiger partial charge is 0.0897 e. The van der Waals surface area contributed by atoms with Crippen molar-refractivity contribution in [3.8, 4) is 0 Å². The van der Waals surface area contributed by atoms with E-state index in [1.807, 2.05) is 6.20 Å². The van der Waals surface area contributed by atoms with Crippen molar-refractivity contribution >= 4 is 11.3 Å². The van der Waals surface area contributed by atoms with Crippen molar-refractivity contribution in [1.82, 2.24) is 10.3 Å². The monoisotopic (exact) mass is 252 g/mol. The molecule has 0 saturated heterocycles. The Morgan fingerprint density at radius 2 is 2.12 bits per heavy atom. The summed E-state index contributed by atoms with van der Waals surface area (Å²) in [6, 6.07) is 0. The standard InChI is InChI=1S/C14H24N2S/c1-11-3-5-13(6-4-11)7-8-15-9-14-10-16-12(2)17-14/h10-11,13,15H,3-9H2,1-2H3. The van der Waals surface area contributed by atoms with E-state index in [9.17, 15) is 0 Å². The summed E-state index contributed by atoms with van der Waals surface area (Å²) in [6.07, 6.45) is 9.13. The Hall–Kier alpha value is -0.410. The van der Waals surface area contributed by atoms with E-state index in [0.29, 0.717) is 0 Å². The first-order valence-electron chi connectivity index (χ1n) is 6.86. The fourth-order valence-corrected chi connectivity index (χ4v) is 3.39. The Kier molecular flexibility index (Phi) is 4.99. The van der Waals surface area contributed by atoms with Gasteiger partial charge in [0.2, 0.25) is 0 Å². The molecular formula is C14H24N2S.